The number of rotatable bonds is 13. The number of hydrogen-bond donors (Lipinski definition) is 0. The molecule has 1 aliphatic rings. The Morgan fingerprint density at radius 3 is 1.43 bits per heavy atom. The van der Waals surface area contributed by atoms with Gasteiger partial charge in [-0.2, -0.15) is 0 Å². The minimum Gasteiger partial charge on any atom is -0.354 e. The maximum absolute atomic E-state index is 2.54. The summed E-state index contributed by atoms with van der Waals surface area (Å²) in [5.74, 6) is 0. The first-order valence-corrected chi connectivity index (χ1v) is 10.3. The quantitative estimate of drug-likeness (QED) is 0.356. The highest BCUT2D eigenvalue weighted by Gasteiger charge is 2.28. The topological polar surface area (TPSA) is 6.48 Å². The van der Waals surface area contributed by atoms with Crippen LogP contribution in [0.25, 0.3) is 0 Å². The molecule has 2 nitrogen and oxygen atoms in total. The van der Waals surface area contributed by atoms with Crippen molar-refractivity contribution >= 4 is 0 Å². The molecule has 0 unspecified atom stereocenters. The molecule has 0 bridgehead atoms. The van der Waals surface area contributed by atoms with Crippen molar-refractivity contribution in [3.8, 4) is 0 Å². The lowest BCUT2D eigenvalue weighted by molar-refractivity contribution is 0.0946. The Bertz CT molecular complexity index is 291. The van der Waals surface area contributed by atoms with Gasteiger partial charge in [0.05, 0.1) is 0 Å². The minimum atomic E-state index is 0.587. The highest BCUT2D eigenvalue weighted by Crippen LogP contribution is 2.25. The zero-order valence-corrected chi connectivity index (χ0v) is 16.6. The molecule has 0 saturated carbocycles. The van der Waals surface area contributed by atoms with E-state index in [4.69, 9.17) is 0 Å². The molecule has 0 N–H and O–H groups in total. The summed E-state index contributed by atoms with van der Waals surface area (Å²) < 4.78 is 0. The first kappa shape index (κ1) is 20.4. The Hall–Kier alpha value is -0.660. The third-order valence-electron chi connectivity index (χ3n) is 5.11. The highest BCUT2D eigenvalue weighted by atomic mass is 15.4. The predicted molar refractivity (Wildman–Crippen MR) is 103 cm³/mol. The van der Waals surface area contributed by atoms with E-state index in [1.807, 2.05) is 0 Å². The van der Waals surface area contributed by atoms with Gasteiger partial charge >= 0.3 is 0 Å². The van der Waals surface area contributed by atoms with Crippen LogP contribution in [0, 0.1) is 0 Å². The van der Waals surface area contributed by atoms with Crippen molar-refractivity contribution in [2.45, 2.75) is 123 Å². The summed E-state index contributed by atoms with van der Waals surface area (Å²) in [6, 6.07) is 1.20. The van der Waals surface area contributed by atoms with Crippen LogP contribution in [0.5, 0.6) is 0 Å². The largest absolute Gasteiger partial charge is 0.354 e. The van der Waals surface area contributed by atoms with Gasteiger partial charge < -0.3 is 9.80 Å². The summed E-state index contributed by atoms with van der Waals surface area (Å²) in [6.07, 6.45) is 20.7. The van der Waals surface area contributed by atoms with Gasteiger partial charge in [0.2, 0.25) is 0 Å². The molecule has 0 fully saturated rings. The molecule has 0 aliphatic carbocycles. The molecule has 2 heteroatoms. The Labute approximate surface area is 146 Å². The molecule has 1 rings (SSSR count). The maximum Gasteiger partial charge on any atom is 0.101 e. The summed E-state index contributed by atoms with van der Waals surface area (Å²) in [4.78, 5) is 5.07. The first-order chi connectivity index (χ1) is 11.1. The molecule has 0 saturated heterocycles. The van der Waals surface area contributed by atoms with Gasteiger partial charge in [0.15, 0.2) is 0 Å². The molecular weight excluding hydrogens is 280 g/mol. The van der Waals surface area contributed by atoms with Crippen LogP contribution in [-0.4, -0.2) is 28.0 Å². The molecule has 0 amide bonds. The average molecular weight is 323 g/mol. The van der Waals surface area contributed by atoms with Crippen LogP contribution in [0.4, 0.5) is 0 Å². The van der Waals surface area contributed by atoms with Crippen molar-refractivity contribution in [3.05, 3.63) is 12.4 Å². The summed E-state index contributed by atoms with van der Waals surface area (Å²) in [6.45, 7) is 11.5. The van der Waals surface area contributed by atoms with Crippen molar-refractivity contribution < 1.29 is 0 Å². The summed E-state index contributed by atoms with van der Waals surface area (Å²) in [7, 11) is 0. The summed E-state index contributed by atoms with van der Waals surface area (Å²) >= 11 is 0. The summed E-state index contributed by atoms with van der Waals surface area (Å²) in [5, 5.41) is 0. The second-order valence-corrected chi connectivity index (χ2v) is 7.83. The smallest absolute Gasteiger partial charge is 0.101 e. The number of hydrogen-bond acceptors (Lipinski definition) is 2. The van der Waals surface area contributed by atoms with Crippen LogP contribution in [0.3, 0.4) is 0 Å². The Kier molecular flexibility index (Phi) is 10.5. The Balaban J connectivity index is 2.11. The average Bonchev–Trinajstić information content (AvgIpc) is 2.93. The first-order valence-electron chi connectivity index (χ1n) is 10.3. The van der Waals surface area contributed by atoms with Gasteiger partial charge in [-0.05, 0) is 40.5 Å². The van der Waals surface area contributed by atoms with Crippen molar-refractivity contribution in [3.63, 3.8) is 0 Å². The van der Waals surface area contributed by atoms with Crippen molar-refractivity contribution in [1.82, 2.24) is 9.80 Å². The third kappa shape index (κ3) is 7.63. The van der Waals surface area contributed by atoms with Crippen LogP contribution in [0.1, 0.15) is 105 Å². The SMILES string of the molecule is CCCCCCCCCCCCC1N(C(C)C)C=CN1C(C)C. The lowest BCUT2D eigenvalue weighted by Gasteiger charge is -2.37. The van der Waals surface area contributed by atoms with E-state index in [1.54, 1.807) is 0 Å². The van der Waals surface area contributed by atoms with E-state index in [0.29, 0.717) is 18.2 Å². The predicted octanol–water partition coefficient (Wildman–Crippen LogP) is 6.53. The van der Waals surface area contributed by atoms with Crippen LogP contribution < -0.4 is 0 Å². The molecule has 0 atom stereocenters. The van der Waals surface area contributed by atoms with Gasteiger partial charge in [0.1, 0.15) is 6.17 Å². The fourth-order valence-corrected chi connectivity index (χ4v) is 3.65. The second-order valence-electron chi connectivity index (χ2n) is 7.83. The lowest BCUT2D eigenvalue weighted by atomic mass is 10.0. The van der Waals surface area contributed by atoms with E-state index >= 15 is 0 Å². The molecule has 0 spiro atoms. The molecule has 0 aromatic heterocycles. The number of nitrogens with zero attached hydrogens (tertiary/aromatic N) is 2. The van der Waals surface area contributed by atoms with Crippen molar-refractivity contribution in [2.75, 3.05) is 0 Å². The van der Waals surface area contributed by atoms with E-state index in [-0.39, 0.29) is 0 Å². The zero-order chi connectivity index (χ0) is 17.1. The number of unbranched alkanes of at least 4 members (excludes halogenated alkanes) is 9. The monoisotopic (exact) mass is 322 g/mol. The molecule has 0 radical (unpaired) electrons. The van der Waals surface area contributed by atoms with E-state index in [1.165, 1.54) is 70.6 Å². The molecule has 23 heavy (non-hydrogen) atoms. The van der Waals surface area contributed by atoms with Crippen molar-refractivity contribution in [2.24, 2.45) is 0 Å². The van der Waals surface area contributed by atoms with Gasteiger partial charge in [-0.1, -0.05) is 64.7 Å². The Morgan fingerprint density at radius 1 is 0.652 bits per heavy atom. The van der Waals surface area contributed by atoms with E-state index < -0.39 is 0 Å². The normalized spacial score (nSPS) is 15.6. The van der Waals surface area contributed by atoms with E-state index in [9.17, 15) is 0 Å². The third-order valence-corrected chi connectivity index (χ3v) is 5.11. The fraction of sp³-hybridized carbons (Fsp3) is 0.905. The fourth-order valence-electron chi connectivity index (χ4n) is 3.65. The molecule has 1 aliphatic heterocycles. The van der Waals surface area contributed by atoms with Gasteiger partial charge in [-0.25, -0.2) is 0 Å². The molecule has 0 aromatic rings. The van der Waals surface area contributed by atoms with Crippen LogP contribution in [0.2, 0.25) is 0 Å². The van der Waals surface area contributed by atoms with Crippen LogP contribution in [-0.2, 0) is 0 Å². The molecule has 136 valence electrons. The Morgan fingerprint density at radius 2 is 1.04 bits per heavy atom. The lowest BCUT2D eigenvalue weighted by Crippen LogP contribution is -2.44. The highest BCUT2D eigenvalue weighted by molar-refractivity contribution is 4.99. The maximum atomic E-state index is 2.54. The molecule has 1 heterocycles. The standard InChI is InChI=1S/C21H42N2/c1-6-7-8-9-10-11-12-13-14-15-16-21-22(19(2)3)17-18-23(21)20(4)5/h17-21H,6-16H2,1-5H3. The zero-order valence-electron chi connectivity index (χ0n) is 16.6. The van der Waals surface area contributed by atoms with Gasteiger partial charge in [0.25, 0.3) is 0 Å². The van der Waals surface area contributed by atoms with E-state index in [2.05, 4.69) is 56.8 Å². The van der Waals surface area contributed by atoms with Gasteiger partial charge in [0, 0.05) is 24.5 Å². The van der Waals surface area contributed by atoms with Crippen molar-refractivity contribution in [1.29, 1.82) is 0 Å². The van der Waals surface area contributed by atoms with Gasteiger partial charge in [-0.3, -0.25) is 0 Å². The van der Waals surface area contributed by atoms with Crippen LogP contribution in [0.15, 0.2) is 12.4 Å². The summed E-state index contributed by atoms with van der Waals surface area (Å²) in [5.41, 5.74) is 0. The van der Waals surface area contributed by atoms with E-state index in [0.717, 1.165) is 0 Å². The second kappa shape index (κ2) is 11.8. The molecular formula is C21H42N2. The van der Waals surface area contributed by atoms with Gasteiger partial charge in [-0.15, -0.1) is 0 Å². The van der Waals surface area contributed by atoms with Crippen LogP contribution >= 0.6 is 0 Å². The molecule has 0 aromatic carbocycles. The minimum absolute atomic E-state index is 0.587.